The maximum atomic E-state index is 12.5. The van der Waals surface area contributed by atoms with Crippen LogP contribution in [0.25, 0.3) is 0 Å². The van der Waals surface area contributed by atoms with Gasteiger partial charge in [0.2, 0.25) is 9.84 Å². The zero-order valence-corrected chi connectivity index (χ0v) is 11.7. The molecule has 0 aromatic heterocycles. The summed E-state index contributed by atoms with van der Waals surface area (Å²) in [7, 11) is -4.56. The summed E-state index contributed by atoms with van der Waals surface area (Å²) in [6.45, 7) is 2.47. The van der Waals surface area contributed by atoms with Gasteiger partial charge in [-0.15, -0.1) is 0 Å². The van der Waals surface area contributed by atoms with E-state index in [0.717, 1.165) is 0 Å². The number of halogens is 2. The number of nitrogens with one attached hydrogen (secondary N) is 1. The van der Waals surface area contributed by atoms with E-state index >= 15 is 0 Å². The molecule has 0 saturated heterocycles. The van der Waals surface area contributed by atoms with E-state index in [1.54, 1.807) is 17.8 Å². The van der Waals surface area contributed by atoms with Crippen molar-refractivity contribution in [1.29, 1.82) is 0 Å². The number of anilines is 1. The molecule has 1 unspecified atom stereocenters. The molecule has 0 aliphatic carbocycles. The number of benzene rings is 1. The number of rotatable bonds is 6. The summed E-state index contributed by atoms with van der Waals surface area (Å²) in [6, 6.07) is 5.71. The molecule has 0 heterocycles. The fourth-order valence-corrected chi connectivity index (χ4v) is 2.45. The molecule has 0 spiro atoms. The van der Waals surface area contributed by atoms with Crippen LogP contribution < -0.4 is 5.32 Å². The van der Waals surface area contributed by atoms with Gasteiger partial charge in [0.1, 0.15) is 0 Å². The van der Waals surface area contributed by atoms with Crippen molar-refractivity contribution in [2.24, 2.45) is 0 Å². The first-order chi connectivity index (χ1) is 8.39. The highest BCUT2D eigenvalue weighted by Crippen LogP contribution is 2.26. The highest BCUT2D eigenvalue weighted by atomic mass is 32.2. The topological polar surface area (TPSA) is 46.2 Å². The van der Waals surface area contributed by atoms with E-state index in [4.69, 9.17) is 0 Å². The molecule has 1 aromatic carbocycles. The highest BCUT2D eigenvalue weighted by Gasteiger charge is 2.28. The van der Waals surface area contributed by atoms with Crippen LogP contribution in [0.4, 0.5) is 14.5 Å². The van der Waals surface area contributed by atoms with Crippen LogP contribution in [0.5, 0.6) is 0 Å². The Bertz CT molecular complexity index is 492. The Labute approximate surface area is 110 Å². The van der Waals surface area contributed by atoms with Crippen molar-refractivity contribution in [3.8, 4) is 0 Å². The lowest BCUT2D eigenvalue weighted by Crippen LogP contribution is -2.17. The van der Waals surface area contributed by atoms with E-state index in [1.165, 1.54) is 18.2 Å². The Kier molecular flexibility index (Phi) is 5.40. The van der Waals surface area contributed by atoms with Gasteiger partial charge in [-0.1, -0.05) is 19.1 Å². The fraction of sp³-hybridized carbons (Fsp3) is 0.455. The van der Waals surface area contributed by atoms with Crippen LogP contribution in [0, 0.1) is 0 Å². The van der Waals surface area contributed by atoms with Gasteiger partial charge in [-0.3, -0.25) is 0 Å². The highest BCUT2D eigenvalue weighted by molar-refractivity contribution is 7.99. The number of alkyl halides is 2. The van der Waals surface area contributed by atoms with E-state index in [0.29, 0.717) is 6.54 Å². The second-order valence-corrected chi connectivity index (χ2v) is 6.89. The molecule has 0 radical (unpaired) electrons. The molecule has 3 nitrogen and oxygen atoms in total. The third-order valence-corrected chi connectivity index (χ3v) is 4.82. The van der Waals surface area contributed by atoms with Gasteiger partial charge in [0.15, 0.2) is 0 Å². The maximum absolute atomic E-state index is 12.5. The van der Waals surface area contributed by atoms with Gasteiger partial charge in [0.05, 0.1) is 10.6 Å². The summed E-state index contributed by atoms with van der Waals surface area (Å²) >= 11 is 1.60. The molecular weight excluding hydrogens is 280 g/mol. The maximum Gasteiger partial charge on any atom is 0.341 e. The van der Waals surface area contributed by atoms with Crippen molar-refractivity contribution in [3.63, 3.8) is 0 Å². The third-order valence-electron chi connectivity index (χ3n) is 2.41. The van der Waals surface area contributed by atoms with Gasteiger partial charge in [0, 0.05) is 11.8 Å². The number of thioether (sulfide) groups is 1. The largest absolute Gasteiger partial charge is 0.383 e. The average Bonchev–Trinajstić information content (AvgIpc) is 2.35. The number of para-hydroxylation sites is 1. The molecule has 0 aliphatic heterocycles. The Hall–Kier alpha value is -0.820. The van der Waals surface area contributed by atoms with E-state index in [2.05, 4.69) is 5.32 Å². The molecule has 0 aliphatic rings. The van der Waals surface area contributed by atoms with Gasteiger partial charge >= 0.3 is 5.76 Å². The van der Waals surface area contributed by atoms with Crippen molar-refractivity contribution >= 4 is 27.3 Å². The normalized spacial score (nSPS) is 13.6. The van der Waals surface area contributed by atoms with Crippen molar-refractivity contribution in [2.45, 2.75) is 22.8 Å². The Morgan fingerprint density at radius 3 is 2.50 bits per heavy atom. The Morgan fingerprint density at radius 1 is 1.33 bits per heavy atom. The predicted molar refractivity (Wildman–Crippen MR) is 71.1 cm³/mol. The van der Waals surface area contributed by atoms with Crippen molar-refractivity contribution in [3.05, 3.63) is 24.3 Å². The monoisotopic (exact) mass is 295 g/mol. The Morgan fingerprint density at radius 2 is 1.94 bits per heavy atom. The first-order valence-corrected chi connectivity index (χ1v) is 8.10. The molecule has 102 valence electrons. The van der Waals surface area contributed by atoms with Crippen LogP contribution in [0.1, 0.15) is 6.92 Å². The van der Waals surface area contributed by atoms with E-state index in [1.807, 2.05) is 13.2 Å². The van der Waals surface area contributed by atoms with Crippen LogP contribution >= 0.6 is 11.8 Å². The lowest BCUT2D eigenvalue weighted by atomic mass is 10.3. The Balaban J connectivity index is 3.01. The second-order valence-electron chi connectivity index (χ2n) is 3.73. The van der Waals surface area contributed by atoms with E-state index in [-0.39, 0.29) is 15.8 Å². The average molecular weight is 295 g/mol. The lowest BCUT2D eigenvalue weighted by molar-refractivity contribution is 0.235. The standard InChI is InChI=1S/C11H15F2NO2S2/c1-8(17-2)7-14-9-5-3-4-6-10(9)18(15,16)11(12)13/h3-6,8,11,14H,7H2,1-2H3. The zero-order valence-electron chi connectivity index (χ0n) is 10.1. The first kappa shape index (κ1) is 15.2. The van der Waals surface area contributed by atoms with E-state index < -0.39 is 15.6 Å². The number of hydrogen-bond acceptors (Lipinski definition) is 4. The fourth-order valence-electron chi connectivity index (χ4n) is 1.29. The van der Waals surface area contributed by atoms with Crippen molar-refractivity contribution in [1.82, 2.24) is 0 Å². The van der Waals surface area contributed by atoms with Crippen LogP contribution in [0.3, 0.4) is 0 Å². The molecule has 18 heavy (non-hydrogen) atoms. The van der Waals surface area contributed by atoms with Crippen LogP contribution in [-0.4, -0.2) is 32.2 Å². The third kappa shape index (κ3) is 3.58. The molecule has 0 amide bonds. The lowest BCUT2D eigenvalue weighted by Gasteiger charge is -2.14. The van der Waals surface area contributed by atoms with Crippen LogP contribution in [0.2, 0.25) is 0 Å². The zero-order chi connectivity index (χ0) is 13.8. The summed E-state index contributed by atoms with van der Waals surface area (Å²) < 4.78 is 48.0. The van der Waals surface area contributed by atoms with Crippen LogP contribution in [0.15, 0.2) is 29.2 Å². The molecule has 7 heteroatoms. The van der Waals surface area contributed by atoms with Gasteiger partial charge in [-0.2, -0.15) is 20.5 Å². The first-order valence-electron chi connectivity index (χ1n) is 5.27. The van der Waals surface area contributed by atoms with Crippen LogP contribution in [-0.2, 0) is 9.84 Å². The minimum absolute atomic E-state index is 0.221. The smallest absolute Gasteiger partial charge is 0.341 e. The van der Waals surface area contributed by atoms with Crippen molar-refractivity contribution < 1.29 is 17.2 Å². The number of sulfone groups is 1. The molecule has 1 N–H and O–H groups in total. The quantitative estimate of drug-likeness (QED) is 0.876. The minimum Gasteiger partial charge on any atom is -0.383 e. The summed E-state index contributed by atoms with van der Waals surface area (Å²) in [4.78, 5) is -0.353. The van der Waals surface area contributed by atoms with Gasteiger partial charge in [-0.05, 0) is 18.4 Å². The molecular formula is C11H15F2NO2S2. The SMILES string of the molecule is CSC(C)CNc1ccccc1S(=O)(=O)C(F)F. The molecule has 1 aromatic rings. The predicted octanol–water partition coefficient (Wildman–Crippen LogP) is 2.85. The molecule has 1 atom stereocenters. The summed E-state index contributed by atoms with van der Waals surface area (Å²) in [5.74, 6) is -3.40. The van der Waals surface area contributed by atoms with Gasteiger partial charge in [0.25, 0.3) is 0 Å². The van der Waals surface area contributed by atoms with Gasteiger partial charge in [-0.25, -0.2) is 8.42 Å². The molecule has 0 bridgehead atoms. The van der Waals surface area contributed by atoms with E-state index in [9.17, 15) is 17.2 Å². The molecule has 1 rings (SSSR count). The summed E-state index contributed by atoms with van der Waals surface area (Å²) in [6.07, 6.45) is 1.92. The summed E-state index contributed by atoms with van der Waals surface area (Å²) in [5, 5.41) is 3.15. The van der Waals surface area contributed by atoms with Crippen molar-refractivity contribution in [2.75, 3.05) is 18.1 Å². The number of hydrogen-bond donors (Lipinski definition) is 1. The molecule has 0 saturated carbocycles. The molecule has 0 fully saturated rings. The van der Waals surface area contributed by atoms with Gasteiger partial charge < -0.3 is 5.32 Å². The minimum atomic E-state index is -4.56. The summed E-state index contributed by atoms with van der Waals surface area (Å²) in [5.41, 5.74) is 0.221. The second kappa shape index (κ2) is 6.38.